The first-order chi connectivity index (χ1) is 6.58. The molecule has 0 aliphatic heterocycles. The molecular weight excluding hydrogens is 178 g/mol. The molecule has 0 aromatic heterocycles. The van der Waals surface area contributed by atoms with Gasteiger partial charge in [0, 0.05) is 19.6 Å². The zero-order chi connectivity index (χ0) is 11.1. The topological polar surface area (TPSA) is 70.1 Å². The van der Waals surface area contributed by atoms with Crippen LogP contribution in [0.4, 0.5) is 0 Å². The van der Waals surface area contributed by atoms with Crippen LogP contribution in [0.5, 0.6) is 0 Å². The molecule has 0 spiro atoms. The molecule has 0 aromatic carbocycles. The maximum Gasteiger partial charge on any atom is 0.226 e. The van der Waals surface area contributed by atoms with Gasteiger partial charge in [0.05, 0.1) is 18.4 Å². The quantitative estimate of drug-likeness (QED) is 0.706. The Bertz CT molecular complexity index is 218. The molecule has 0 fully saturated rings. The lowest BCUT2D eigenvalue weighted by Crippen LogP contribution is -2.41. The van der Waals surface area contributed by atoms with Crippen LogP contribution < -0.4 is 5.73 Å². The van der Waals surface area contributed by atoms with Crippen LogP contribution in [-0.2, 0) is 4.79 Å². The molecule has 2 N–H and O–H groups in total. The third-order valence-electron chi connectivity index (χ3n) is 2.52. The summed E-state index contributed by atoms with van der Waals surface area (Å²) in [4.78, 5) is 13.4. The molecule has 0 saturated carbocycles. The van der Waals surface area contributed by atoms with E-state index in [1.54, 1.807) is 11.9 Å². The molecule has 0 bridgehead atoms. The number of nitriles is 1. The molecule has 4 heteroatoms. The summed E-state index contributed by atoms with van der Waals surface area (Å²) in [6.07, 6.45) is 1.11. The van der Waals surface area contributed by atoms with E-state index in [9.17, 15) is 4.79 Å². The van der Waals surface area contributed by atoms with Crippen LogP contribution in [0.1, 0.15) is 26.7 Å². The van der Waals surface area contributed by atoms with Crippen molar-refractivity contribution in [1.29, 1.82) is 5.26 Å². The van der Waals surface area contributed by atoms with Crippen molar-refractivity contribution in [3.63, 3.8) is 0 Å². The van der Waals surface area contributed by atoms with Crippen molar-refractivity contribution >= 4 is 5.91 Å². The van der Waals surface area contributed by atoms with Crippen molar-refractivity contribution in [1.82, 2.24) is 4.90 Å². The lowest BCUT2D eigenvalue weighted by atomic mass is 10.0. The number of rotatable bonds is 5. The van der Waals surface area contributed by atoms with Gasteiger partial charge in [-0.15, -0.1) is 0 Å². The van der Waals surface area contributed by atoms with E-state index in [4.69, 9.17) is 11.0 Å². The van der Waals surface area contributed by atoms with Crippen LogP contribution in [-0.4, -0.2) is 30.4 Å². The number of nitrogens with two attached hydrogens (primary N) is 1. The third kappa shape index (κ3) is 3.35. The smallest absolute Gasteiger partial charge is 0.226 e. The van der Waals surface area contributed by atoms with E-state index in [0.29, 0.717) is 13.0 Å². The monoisotopic (exact) mass is 197 g/mol. The highest BCUT2D eigenvalue weighted by Crippen LogP contribution is 2.09. The number of amides is 1. The summed E-state index contributed by atoms with van der Waals surface area (Å²) in [5.74, 6) is -0.0705. The number of carbonyl (C=O) groups is 1. The van der Waals surface area contributed by atoms with Crippen LogP contribution in [0.25, 0.3) is 0 Å². The van der Waals surface area contributed by atoms with E-state index in [0.717, 1.165) is 6.42 Å². The Balaban J connectivity index is 4.30. The highest BCUT2D eigenvalue weighted by molar-refractivity contribution is 5.79. The van der Waals surface area contributed by atoms with Gasteiger partial charge in [-0.2, -0.15) is 5.26 Å². The summed E-state index contributed by atoms with van der Waals surface area (Å²) in [5, 5.41) is 8.51. The summed E-state index contributed by atoms with van der Waals surface area (Å²) >= 11 is 0. The van der Waals surface area contributed by atoms with Gasteiger partial charge in [-0.25, -0.2) is 0 Å². The molecule has 0 radical (unpaired) electrons. The van der Waals surface area contributed by atoms with Crippen LogP contribution in [0.2, 0.25) is 0 Å². The zero-order valence-electron chi connectivity index (χ0n) is 9.16. The Morgan fingerprint density at radius 2 is 2.21 bits per heavy atom. The molecule has 1 amide bonds. The molecule has 0 heterocycles. The molecule has 0 aliphatic carbocycles. The van der Waals surface area contributed by atoms with E-state index >= 15 is 0 Å². The van der Waals surface area contributed by atoms with Gasteiger partial charge >= 0.3 is 0 Å². The first kappa shape index (κ1) is 12.9. The standard InChI is InChI=1S/C10H19N3O/c1-4-9(7-12)10(14)13(3)8(2)5-6-11/h8-9H,4-5,7,12H2,1-3H3. The van der Waals surface area contributed by atoms with E-state index in [2.05, 4.69) is 6.07 Å². The Kier molecular flexibility index (Phi) is 5.89. The van der Waals surface area contributed by atoms with Crippen LogP contribution in [0, 0.1) is 17.2 Å². The minimum absolute atomic E-state index is 0.0342. The van der Waals surface area contributed by atoms with E-state index < -0.39 is 0 Å². The number of carbonyl (C=O) groups excluding carboxylic acids is 1. The fourth-order valence-corrected chi connectivity index (χ4v) is 1.22. The first-order valence-corrected chi connectivity index (χ1v) is 4.92. The van der Waals surface area contributed by atoms with Crippen LogP contribution >= 0.6 is 0 Å². The average molecular weight is 197 g/mol. The second-order valence-corrected chi connectivity index (χ2v) is 3.50. The predicted molar refractivity (Wildman–Crippen MR) is 55.3 cm³/mol. The average Bonchev–Trinajstić information content (AvgIpc) is 2.18. The first-order valence-electron chi connectivity index (χ1n) is 4.92. The van der Waals surface area contributed by atoms with Crippen LogP contribution in [0.15, 0.2) is 0 Å². The van der Waals surface area contributed by atoms with E-state index in [1.165, 1.54) is 0 Å². The molecule has 0 aliphatic rings. The maximum absolute atomic E-state index is 11.8. The van der Waals surface area contributed by atoms with Gasteiger partial charge in [-0.05, 0) is 13.3 Å². The third-order valence-corrected chi connectivity index (χ3v) is 2.52. The summed E-state index contributed by atoms with van der Waals surface area (Å²) in [6.45, 7) is 4.18. The largest absolute Gasteiger partial charge is 0.342 e. The molecule has 14 heavy (non-hydrogen) atoms. The molecule has 0 saturated heterocycles. The van der Waals surface area contributed by atoms with Gasteiger partial charge in [0.15, 0.2) is 0 Å². The van der Waals surface area contributed by atoms with Gasteiger partial charge in [0.25, 0.3) is 0 Å². The van der Waals surface area contributed by atoms with Crippen molar-refractivity contribution in [3.05, 3.63) is 0 Å². The Hall–Kier alpha value is -1.08. The summed E-state index contributed by atoms with van der Waals surface area (Å²) < 4.78 is 0. The van der Waals surface area contributed by atoms with Crippen LogP contribution in [0.3, 0.4) is 0 Å². The summed E-state index contributed by atoms with van der Waals surface area (Å²) in [5.41, 5.74) is 5.48. The zero-order valence-corrected chi connectivity index (χ0v) is 9.16. The maximum atomic E-state index is 11.8. The lowest BCUT2D eigenvalue weighted by molar-refractivity contribution is -0.135. The van der Waals surface area contributed by atoms with E-state index in [1.807, 2.05) is 13.8 Å². The van der Waals surface area contributed by atoms with Gasteiger partial charge in [0.2, 0.25) is 5.91 Å². The molecule has 80 valence electrons. The van der Waals surface area contributed by atoms with Crippen molar-refractivity contribution in [2.45, 2.75) is 32.7 Å². The minimum atomic E-state index is -0.110. The van der Waals surface area contributed by atoms with Gasteiger partial charge in [-0.3, -0.25) is 4.79 Å². The Morgan fingerprint density at radius 1 is 1.64 bits per heavy atom. The summed E-state index contributed by atoms with van der Waals surface area (Å²) in [6, 6.07) is 2.02. The number of hydrogen-bond donors (Lipinski definition) is 1. The molecular formula is C10H19N3O. The van der Waals surface area contributed by atoms with Gasteiger partial charge in [0.1, 0.15) is 0 Å². The highest BCUT2D eigenvalue weighted by atomic mass is 16.2. The molecule has 4 nitrogen and oxygen atoms in total. The molecule has 2 unspecified atom stereocenters. The minimum Gasteiger partial charge on any atom is -0.342 e. The Labute approximate surface area is 85.7 Å². The lowest BCUT2D eigenvalue weighted by Gasteiger charge is -2.26. The molecule has 0 aromatic rings. The number of hydrogen-bond acceptors (Lipinski definition) is 3. The van der Waals surface area contributed by atoms with Gasteiger partial charge < -0.3 is 10.6 Å². The second kappa shape index (κ2) is 6.39. The van der Waals surface area contributed by atoms with Crippen molar-refractivity contribution < 1.29 is 4.79 Å². The molecule has 2 atom stereocenters. The highest BCUT2D eigenvalue weighted by Gasteiger charge is 2.22. The van der Waals surface area contributed by atoms with Crippen molar-refractivity contribution in [2.24, 2.45) is 11.7 Å². The SMILES string of the molecule is CCC(CN)C(=O)N(C)C(C)CC#N. The molecule has 0 rings (SSSR count). The number of nitrogens with zero attached hydrogens (tertiary/aromatic N) is 2. The normalized spacial score (nSPS) is 14.2. The second-order valence-electron chi connectivity index (χ2n) is 3.50. The van der Waals surface area contributed by atoms with Crippen molar-refractivity contribution in [2.75, 3.05) is 13.6 Å². The fraction of sp³-hybridized carbons (Fsp3) is 0.800. The predicted octanol–water partition coefficient (Wildman–Crippen LogP) is 0.732. The van der Waals surface area contributed by atoms with E-state index in [-0.39, 0.29) is 17.9 Å². The van der Waals surface area contributed by atoms with Crippen molar-refractivity contribution in [3.8, 4) is 6.07 Å². The fourth-order valence-electron chi connectivity index (χ4n) is 1.22. The summed E-state index contributed by atoms with van der Waals surface area (Å²) in [7, 11) is 1.72. The Morgan fingerprint density at radius 3 is 2.57 bits per heavy atom. The van der Waals surface area contributed by atoms with Gasteiger partial charge in [-0.1, -0.05) is 6.92 Å².